The zero-order chi connectivity index (χ0) is 14.9. The van der Waals surface area contributed by atoms with Gasteiger partial charge in [0.05, 0.1) is 4.90 Å². The Labute approximate surface area is 117 Å². The molecule has 0 unspecified atom stereocenters. The van der Waals surface area contributed by atoms with Crippen molar-refractivity contribution >= 4 is 10.0 Å². The molecule has 20 heavy (non-hydrogen) atoms. The van der Waals surface area contributed by atoms with E-state index in [0.717, 1.165) is 31.0 Å². The van der Waals surface area contributed by atoms with E-state index >= 15 is 0 Å². The van der Waals surface area contributed by atoms with Crippen LogP contribution in [0.2, 0.25) is 0 Å². The Morgan fingerprint density at radius 1 is 1.35 bits per heavy atom. The van der Waals surface area contributed by atoms with Gasteiger partial charge < -0.3 is 5.73 Å². The van der Waals surface area contributed by atoms with Gasteiger partial charge in [0.25, 0.3) is 0 Å². The second kappa shape index (κ2) is 5.75. The van der Waals surface area contributed by atoms with Gasteiger partial charge >= 0.3 is 0 Å². The molecule has 2 atom stereocenters. The topological polar surface area (TPSA) is 63.4 Å². The molecule has 4 nitrogen and oxygen atoms in total. The Hall–Kier alpha value is -1.05. The van der Waals surface area contributed by atoms with Crippen molar-refractivity contribution in [3.05, 3.63) is 29.8 Å². The second-order valence-electron chi connectivity index (χ2n) is 5.20. The van der Waals surface area contributed by atoms with Crippen LogP contribution in [0.15, 0.2) is 23.1 Å². The van der Waals surface area contributed by atoms with Crippen molar-refractivity contribution in [2.75, 3.05) is 13.1 Å². The molecule has 1 aliphatic rings. The summed E-state index contributed by atoms with van der Waals surface area (Å²) in [5.41, 5.74) is 5.82. The van der Waals surface area contributed by atoms with Crippen molar-refractivity contribution < 1.29 is 17.2 Å². The van der Waals surface area contributed by atoms with Gasteiger partial charge in [0.2, 0.25) is 10.0 Å². The number of piperidine rings is 1. The van der Waals surface area contributed by atoms with E-state index in [9.17, 15) is 17.2 Å². The molecule has 2 N–H and O–H groups in total. The molecule has 1 fully saturated rings. The average molecular weight is 304 g/mol. The van der Waals surface area contributed by atoms with Gasteiger partial charge in [-0.25, -0.2) is 17.2 Å². The molecule has 0 saturated carbocycles. The molecule has 1 aromatic rings. The van der Waals surface area contributed by atoms with Gasteiger partial charge in [0, 0.05) is 19.1 Å². The number of nitrogens with zero attached hydrogens (tertiary/aromatic N) is 1. The van der Waals surface area contributed by atoms with Crippen LogP contribution in [0.25, 0.3) is 0 Å². The van der Waals surface area contributed by atoms with Gasteiger partial charge in [-0.15, -0.1) is 0 Å². The zero-order valence-corrected chi connectivity index (χ0v) is 12.0. The smallest absolute Gasteiger partial charge is 0.243 e. The number of sulfonamides is 1. The molecule has 1 saturated heterocycles. The van der Waals surface area contributed by atoms with Crippen molar-refractivity contribution in [2.45, 2.75) is 30.7 Å². The Balaban J connectivity index is 2.27. The normalized spacial score (nSPS) is 22.7. The number of hydrogen-bond donors (Lipinski definition) is 1. The van der Waals surface area contributed by atoms with Crippen LogP contribution in [0.5, 0.6) is 0 Å². The van der Waals surface area contributed by atoms with Crippen LogP contribution < -0.4 is 5.73 Å². The Bertz CT molecular complexity index is 590. The minimum Gasteiger partial charge on any atom is -0.328 e. The van der Waals surface area contributed by atoms with E-state index in [1.807, 2.05) is 6.92 Å². The maximum atomic E-state index is 13.2. The van der Waals surface area contributed by atoms with Crippen LogP contribution in [0.4, 0.5) is 8.78 Å². The van der Waals surface area contributed by atoms with Crippen LogP contribution in [0.3, 0.4) is 0 Å². The SMILES string of the molecule is C[C@@H](N)[C@H]1CCCN(S(=O)(=O)c2ccc(F)c(F)c2)C1. The van der Waals surface area contributed by atoms with E-state index in [-0.39, 0.29) is 16.9 Å². The zero-order valence-electron chi connectivity index (χ0n) is 11.2. The molecule has 112 valence electrons. The summed E-state index contributed by atoms with van der Waals surface area (Å²) in [4.78, 5) is -0.221. The summed E-state index contributed by atoms with van der Waals surface area (Å²) in [5, 5.41) is 0. The summed E-state index contributed by atoms with van der Waals surface area (Å²) in [6, 6.07) is 2.54. The van der Waals surface area contributed by atoms with Crippen LogP contribution in [-0.2, 0) is 10.0 Å². The first-order valence-corrected chi connectivity index (χ1v) is 7.97. The molecule has 1 heterocycles. The molecule has 1 aromatic carbocycles. The fourth-order valence-corrected chi connectivity index (χ4v) is 3.96. The van der Waals surface area contributed by atoms with Gasteiger partial charge in [-0.05, 0) is 43.9 Å². The summed E-state index contributed by atoms with van der Waals surface area (Å²) in [6.07, 6.45) is 1.59. The molecule has 7 heteroatoms. The molecular weight excluding hydrogens is 286 g/mol. The van der Waals surface area contributed by atoms with E-state index in [0.29, 0.717) is 13.1 Å². The molecule has 2 rings (SSSR count). The minimum absolute atomic E-state index is 0.0869. The molecule has 0 bridgehead atoms. The highest BCUT2D eigenvalue weighted by Gasteiger charge is 2.31. The van der Waals surface area contributed by atoms with E-state index in [1.165, 1.54) is 4.31 Å². The van der Waals surface area contributed by atoms with Crippen molar-refractivity contribution in [3.63, 3.8) is 0 Å². The van der Waals surface area contributed by atoms with Crippen molar-refractivity contribution in [3.8, 4) is 0 Å². The van der Waals surface area contributed by atoms with Gasteiger partial charge in [-0.3, -0.25) is 0 Å². The highest BCUT2D eigenvalue weighted by molar-refractivity contribution is 7.89. The van der Waals surface area contributed by atoms with Crippen LogP contribution in [0.1, 0.15) is 19.8 Å². The Morgan fingerprint density at radius 3 is 2.65 bits per heavy atom. The third-order valence-electron chi connectivity index (χ3n) is 3.69. The van der Waals surface area contributed by atoms with Gasteiger partial charge in [0.15, 0.2) is 11.6 Å². The van der Waals surface area contributed by atoms with Crippen LogP contribution >= 0.6 is 0 Å². The molecular formula is C13H18F2N2O2S. The lowest BCUT2D eigenvalue weighted by Gasteiger charge is -2.33. The lowest BCUT2D eigenvalue weighted by atomic mass is 9.93. The first-order valence-electron chi connectivity index (χ1n) is 6.53. The quantitative estimate of drug-likeness (QED) is 0.924. The molecule has 1 aliphatic heterocycles. The van der Waals surface area contributed by atoms with E-state index in [2.05, 4.69) is 0 Å². The fourth-order valence-electron chi connectivity index (χ4n) is 2.41. The fraction of sp³-hybridized carbons (Fsp3) is 0.538. The molecule has 0 amide bonds. The standard InChI is InChI=1S/C13H18F2N2O2S/c1-9(16)10-3-2-6-17(8-10)20(18,19)11-4-5-12(14)13(15)7-11/h4-5,7,9-10H,2-3,6,8,16H2,1H3/t9-,10+/m1/s1. The van der Waals surface area contributed by atoms with E-state index < -0.39 is 21.7 Å². The van der Waals surface area contributed by atoms with E-state index in [1.54, 1.807) is 0 Å². The molecule has 0 radical (unpaired) electrons. The summed E-state index contributed by atoms with van der Waals surface area (Å²) < 4.78 is 52.2. The molecule has 0 spiro atoms. The lowest BCUT2D eigenvalue weighted by Crippen LogP contribution is -2.44. The van der Waals surface area contributed by atoms with Crippen LogP contribution in [-0.4, -0.2) is 31.9 Å². The van der Waals surface area contributed by atoms with Crippen molar-refractivity contribution in [1.82, 2.24) is 4.31 Å². The Kier molecular flexibility index (Phi) is 4.41. The summed E-state index contributed by atoms with van der Waals surface area (Å²) >= 11 is 0. The number of hydrogen-bond acceptors (Lipinski definition) is 3. The first-order chi connectivity index (χ1) is 9.32. The number of nitrogens with two attached hydrogens (primary N) is 1. The van der Waals surface area contributed by atoms with Crippen molar-refractivity contribution in [2.24, 2.45) is 11.7 Å². The predicted octanol–water partition coefficient (Wildman–Crippen LogP) is 1.71. The Morgan fingerprint density at radius 2 is 2.05 bits per heavy atom. The highest BCUT2D eigenvalue weighted by atomic mass is 32.2. The summed E-state index contributed by atoms with van der Waals surface area (Å²) in [6.45, 7) is 2.54. The first kappa shape index (κ1) is 15.3. The minimum atomic E-state index is -3.80. The second-order valence-corrected chi connectivity index (χ2v) is 7.14. The largest absolute Gasteiger partial charge is 0.328 e. The number of rotatable bonds is 3. The third kappa shape index (κ3) is 2.99. The third-order valence-corrected chi connectivity index (χ3v) is 5.55. The van der Waals surface area contributed by atoms with Crippen molar-refractivity contribution in [1.29, 1.82) is 0 Å². The van der Waals surface area contributed by atoms with Gasteiger partial charge in [-0.1, -0.05) is 0 Å². The summed E-state index contributed by atoms with van der Waals surface area (Å²) in [7, 11) is -3.80. The maximum Gasteiger partial charge on any atom is 0.243 e. The number of halogens is 2. The highest BCUT2D eigenvalue weighted by Crippen LogP contribution is 2.25. The predicted molar refractivity (Wildman–Crippen MR) is 71.5 cm³/mol. The average Bonchev–Trinajstić information content (AvgIpc) is 2.42. The van der Waals surface area contributed by atoms with Gasteiger partial charge in [-0.2, -0.15) is 4.31 Å². The number of benzene rings is 1. The van der Waals surface area contributed by atoms with Crippen LogP contribution in [0, 0.1) is 17.6 Å². The maximum absolute atomic E-state index is 13.2. The monoisotopic (exact) mass is 304 g/mol. The lowest BCUT2D eigenvalue weighted by molar-refractivity contribution is 0.243. The van der Waals surface area contributed by atoms with E-state index in [4.69, 9.17) is 5.73 Å². The molecule has 0 aliphatic carbocycles. The van der Waals surface area contributed by atoms with Gasteiger partial charge in [0.1, 0.15) is 0 Å². The summed E-state index contributed by atoms with van der Waals surface area (Å²) in [5.74, 6) is -2.13. The molecule has 0 aromatic heterocycles.